The van der Waals surface area contributed by atoms with Gasteiger partial charge in [-0.05, 0) is 111 Å². The van der Waals surface area contributed by atoms with E-state index in [4.69, 9.17) is 15.0 Å². The van der Waals surface area contributed by atoms with E-state index in [0.29, 0.717) is 31.9 Å². The predicted octanol–water partition coefficient (Wildman–Crippen LogP) is 12.8. The summed E-state index contributed by atoms with van der Waals surface area (Å²) >= 11 is 0. The highest BCUT2D eigenvalue weighted by Gasteiger charge is 2.43. The van der Waals surface area contributed by atoms with E-state index in [1.54, 1.807) is 0 Å². The fraction of sp³-hybridized carbons (Fsp3) is 0.290. The summed E-state index contributed by atoms with van der Waals surface area (Å²) in [6.07, 6.45) is 12.5. The van der Waals surface area contributed by atoms with Crippen LogP contribution in [0.5, 0.6) is 0 Å². The Hall–Kier alpha value is -8.24. The largest absolute Gasteiger partial charge is 1.00 e. The van der Waals surface area contributed by atoms with Gasteiger partial charge in [0.15, 0.2) is 5.71 Å². The minimum Gasteiger partial charge on any atom is -1.00 e. The quantitative estimate of drug-likeness (QED) is 0.0509. The van der Waals surface area contributed by atoms with Crippen LogP contribution in [0.1, 0.15) is 77.8 Å². The number of anilines is 3. The van der Waals surface area contributed by atoms with Gasteiger partial charge in [-0.1, -0.05) is 117 Å². The molecule has 0 radical (unpaired) electrons. The van der Waals surface area contributed by atoms with Gasteiger partial charge < -0.3 is 54.0 Å². The molecule has 5 aliphatic rings. The maximum atomic E-state index is 13.9. The molecule has 1 saturated heterocycles. The average Bonchev–Trinajstić information content (AvgIpc) is 2.98. The number of allylic oxidation sites excluding steroid dienone is 7. The zero-order valence-electron chi connectivity index (χ0n) is 48.4. The molecule has 4 aliphatic heterocycles. The number of carbonyl (C=O) groups excluding carboxylic acids is 2. The van der Waals surface area contributed by atoms with Crippen LogP contribution in [0.25, 0.3) is 21.5 Å². The second-order valence-electron chi connectivity index (χ2n) is 23.4. The summed E-state index contributed by atoms with van der Waals surface area (Å²) in [5.41, 5.74) is 15.3. The third kappa shape index (κ3) is 11.0. The first kappa shape index (κ1) is 56.6. The third-order valence-corrected chi connectivity index (χ3v) is 17.3. The van der Waals surface area contributed by atoms with E-state index < -0.39 is 11.6 Å². The van der Waals surface area contributed by atoms with Crippen molar-refractivity contribution in [2.45, 2.75) is 83.2 Å². The summed E-state index contributed by atoms with van der Waals surface area (Å²) in [4.78, 5) is 34.1. The molecule has 422 valence electrons. The van der Waals surface area contributed by atoms with Crippen molar-refractivity contribution in [2.24, 2.45) is 20.5 Å². The number of carbonyl (C=O) groups is 2. The van der Waals surface area contributed by atoms with Gasteiger partial charge in [-0.15, -0.1) is 15.3 Å². The number of hydrogen-bond donors (Lipinski definition) is 2. The van der Waals surface area contributed by atoms with Crippen molar-refractivity contribution in [3.05, 3.63) is 204 Å². The molecule has 2 N–H and O–H groups in total. The number of benzene rings is 7. The van der Waals surface area contributed by atoms with Crippen molar-refractivity contribution >= 4 is 84.6 Å². The zero-order chi connectivity index (χ0) is 56.8. The number of azo groups is 2. The second kappa shape index (κ2) is 23.2. The van der Waals surface area contributed by atoms with Crippen LogP contribution >= 0.6 is 0 Å². The van der Waals surface area contributed by atoms with Gasteiger partial charge in [0, 0.05) is 113 Å². The van der Waals surface area contributed by atoms with Gasteiger partial charge >= 0.3 is 5.97 Å². The van der Waals surface area contributed by atoms with Crippen LogP contribution in [-0.4, -0.2) is 84.5 Å². The minimum absolute atomic E-state index is 0. The van der Waals surface area contributed by atoms with Gasteiger partial charge in [-0.3, -0.25) is 9.59 Å². The molecule has 0 saturated carbocycles. The van der Waals surface area contributed by atoms with E-state index in [9.17, 15) is 9.59 Å². The molecule has 1 amide bonds. The maximum absolute atomic E-state index is 13.9. The van der Waals surface area contributed by atoms with E-state index >= 15 is 0 Å². The molecule has 4 heterocycles. The lowest BCUT2D eigenvalue weighted by atomic mass is 9.81. The van der Waals surface area contributed by atoms with E-state index in [2.05, 4.69) is 150 Å². The normalized spacial score (nSPS) is 20.0. The second-order valence-corrected chi connectivity index (χ2v) is 23.4. The summed E-state index contributed by atoms with van der Waals surface area (Å²) in [7, 11) is 4.35. The fourth-order valence-electron chi connectivity index (χ4n) is 13.0. The Labute approximate surface area is 504 Å². The first-order valence-electron chi connectivity index (χ1n) is 28.7. The summed E-state index contributed by atoms with van der Waals surface area (Å²) in [6.45, 7) is 13.8. The highest BCUT2D eigenvalue weighted by Crippen LogP contribution is 2.48. The molecule has 0 spiro atoms. The SMILES string of the molecule is CN1/C(=C/C=C2\CCCC(/C=C/C3=[N+](C)c4ccccc4C3(C)C)=C2N2CCN(C(=O)CCC(=O)OCC3(C)Nc4cccc5c(/N=N/c6ccc(/N=N/c7ccccc7)c7ccccc67)ccc(c45)N3)CC2)C(C)(C)c2ccccc21.[I-]. The van der Waals surface area contributed by atoms with Crippen LogP contribution < -0.4 is 39.5 Å². The van der Waals surface area contributed by atoms with Crippen molar-refractivity contribution in [2.75, 3.05) is 62.4 Å². The summed E-state index contributed by atoms with van der Waals surface area (Å²) in [6, 6.07) is 48.9. The van der Waals surface area contributed by atoms with E-state index in [1.807, 2.05) is 109 Å². The molecular formula is C69H71IN10O3. The summed E-state index contributed by atoms with van der Waals surface area (Å²) in [5, 5.41) is 29.4. The Morgan fingerprint density at radius 2 is 1.24 bits per heavy atom. The molecule has 1 aliphatic carbocycles. The first-order chi connectivity index (χ1) is 39.7. The van der Waals surface area contributed by atoms with Gasteiger partial charge in [0.2, 0.25) is 11.6 Å². The smallest absolute Gasteiger partial charge is 0.306 e. The number of halogens is 1. The van der Waals surface area contributed by atoms with Crippen LogP contribution in [0.3, 0.4) is 0 Å². The number of esters is 1. The van der Waals surface area contributed by atoms with Crippen molar-refractivity contribution in [1.82, 2.24) is 9.80 Å². The Balaban J connectivity index is 0.00000721. The monoisotopic (exact) mass is 1210 g/mol. The number of ether oxygens (including phenoxy) is 1. The number of para-hydroxylation sites is 2. The van der Waals surface area contributed by atoms with Crippen LogP contribution in [0.2, 0.25) is 0 Å². The molecule has 83 heavy (non-hydrogen) atoms. The van der Waals surface area contributed by atoms with E-state index in [1.165, 1.54) is 50.8 Å². The Morgan fingerprint density at radius 3 is 1.95 bits per heavy atom. The minimum atomic E-state index is -0.814. The number of amides is 1. The Morgan fingerprint density at radius 1 is 0.627 bits per heavy atom. The van der Waals surface area contributed by atoms with Crippen molar-refractivity contribution in [3.8, 4) is 0 Å². The molecule has 12 rings (SSSR count). The Bertz CT molecular complexity index is 3910. The van der Waals surface area contributed by atoms with Gasteiger partial charge in [0.1, 0.15) is 19.3 Å². The van der Waals surface area contributed by atoms with Gasteiger partial charge in [0.05, 0.1) is 34.6 Å². The van der Waals surface area contributed by atoms with Gasteiger partial charge in [0.25, 0.3) is 0 Å². The maximum Gasteiger partial charge on any atom is 0.306 e. The number of hydrogen-bond acceptors (Lipinski definition) is 11. The first-order valence-corrected chi connectivity index (χ1v) is 28.7. The topological polar surface area (TPSA) is 130 Å². The lowest BCUT2D eigenvalue weighted by Crippen LogP contribution is -3.00. The number of likely N-dealkylation sites (N-methyl/N-ethyl adjacent to an activating group) is 1. The van der Waals surface area contributed by atoms with Gasteiger partial charge in [-0.2, -0.15) is 9.69 Å². The van der Waals surface area contributed by atoms with E-state index in [0.717, 1.165) is 69.2 Å². The summed E-state index contributed by atoms with van der Waals surface area (Å²) in [5.74, 6) is -0.451. The molecule has 7 aromatic rings. The number of piperazine rings is 1. The Kier molecular flexibility index (Phi) is 15.8. The van der Waals surface area contributed by atoms with Crippen molar-refractivity contribution in [1.29, 1.82) is 0 Å². The molecule has 1 unspecified atom stereocenters. The van der Waals surface area contributed by atoms with Gasteiger partial charge in [-0.25, -0.2) is 0 Å². The lowest BCUT2D eigenvalue weighted by molar-refractivity contribution is -0.401. The molecular weight excluding hydrogens is 1140 g/mol. The molecule has 0 bridgehead atoms. The highest BCUT2D eigenvalue weighted by molar-refractivity contribution is 6.10. The van der Waals surface area contributed by atoms with Crippen LogP contribution in [0.15, 0.2) is 213 Å². The predicted molar refractivity (Wildman–Crippen MR) is 331 cm³/mol. The fourth-order valence-corrected chi connectivity index (χ4v) is 13.0. The number of fused-ring (bicyclic) bond motifs is 3. The molecule has 1 fully saturated rings. The lowest BCUT2D eigenvalue weighted by Gasteiger charge is -2.40. The number of rotatable bonds is 13. The molecule has 13 nitrogen and oxygen atoms in total. The number of nitrogens with one attached hydrogen (secondary N) is 2. The van der Waals surface area contributed by atoms with E-state index in [-0.39, 0.29) is 60.2 Å². The zero-order valence-corrected chi connectivity index (χ0v) is 50.6. The van der Waals surface area contributed by atoms with Crippen LogP contribution in [0, 0.1) is 0 Å². The van der Waals surface area contributed by atoms with Crippen molar-refractivity contribution < 1.29 is 42.9 Å². The van der Waals surface area contributed by atoms with Crippen LogP contribution in [-0.2, 0) is 25.2 Å². The standard InChI is InChI=1S/C69H71N10O3.HI/c1-67(2)52-26-13-15-29-59(52)76(6)61(67)37-31-46-19-17-20-47(32-38-62-68(3,4)53-27-14-16-30-60(53)77(62)7)66(46)79-43-41-78(42-44-79)63(80)39-40-64(81)82-45-69(5)70-57-28-18-25-51-56(35-36-58(71-69)65(51)57)75-74-55-34-33-54(49-23-11-12-24-50(49)55)73-72-48-21-9-8-10-22-48;/h8-16,18,21-38,70-71H,17,19-20,39-45H2,1-7H3;1H/q+1;/p-1/b73-72+,75-74+;. The third-order valence-electron chi connectivity index (χ3n) is 17.3. The summed E-state index contributed by atoms with van der Waals surface area (Å²) < 4.78 is 8.26. The molecule has 0 aromatic heterocycles. The molecule has 1 atom stereocenters. The molecule has 7 aromatic carbocycles. The van der Waals surface area contributed by atoms with Crippen molar-refractivity contribution in [3.63, 3.8) is 0 Å². The average molecular weight is 1220 g/mol. The highest BCUT2D eigenvalue weighted by atomic mass is 127. The molecule has 14 heteroatoms. The van der Waals surface area contributed by atoms with Crippen LogP contribution in [0.4, 0.5) is 45.5 Å². The number of nitrogens with zero attached hydrogens (tertiary/aromatic N) is 8.